The van der Waals surface area contributed by atoms with E-state index < -0.39 is 0 Å². The molecule has 2 aliphatic rings. The lowest BCUT2D eigenvalue weighted by Crippen LogP contribution is -2.44. The first kappa shape index (κ1) is 10.9. The second kappa shape index (κ2) is 4.49. The molecule has 4 heteroatoms. The maximum atomic E-state index is 11.1. The van der Waals surface area contributed by atoms with Gasteiger partial charge in [0.05, 0.1) is 6.54 Å². The van der Waals surface area contributed by atoms with E-state index >= 15 is 0 Å². The van der Waals surface area contributed by atoms with Gasteiger partial charge in [0, 0.05) is 18.6 Å². The third kappa shape index (κ3) is 2.32. The lowest BCUT2D eigenvalue weighted by Gasteiger charge is -2.36. The molecule has 86 valence electrons. The van der Waals surface area contributed by atoms with Crippen molar-refractivity contribution in [1.82, 2.24) is 10.2 Å². The van der Waals surface area contributed by atoms with Gasteiger partial charge in [0.25, 0.3) is 0 Å². The number of amides is 1. The van der Waals surface area contributed by atoms with Crippen LogP contribution in [-0.2, 0) is 4.79 Å². The number of hydrogen-bond acceptors (Lipinski definition) is 3. The molecule has 3 N–H and O–H groups in total. The van der Waals surface area contributed by atoms with Crippen molar-refractivity contribution < 1.29 is 4.79 Å². The van der Waals surface area contributed by atoms with E-state index in [1.165, 1.54) is 25.7 Å². The van der Waals surface area contributed by atoms with Crippen LogP contribution in [0.3, 0.4) is 0 Å². The van der Waals surface area contributed by atoms with Crippen LogP contribution < -0.4 is 11.1 Å². The van der Waals surface area contributed by atoms with E-state index in [1.807, 2.05) is 0 Å². The molecule has 0 aromatic carbocycles. The number of piperidine rings is 1. The molecular weight excluding hydrogens is 190 g/mol. The van der Waals surface area contributed by atoms with Crippen molar-refractivity contribution in [3.05, 3.63) is 0 Å². The fraction of sp³-hybridized carbons (Fsp3) is 0.909. The van der Waals surface area contributed by atoms with Crippen LogP contribution in [0, 0.1) is 5.92 Å². The fourth-order valence-corrected chi connectivity index (χ4v) is 3.02. The van der Waals surface area contributed by atoms with Crippen LogP contribution in [0.15, 0.2) is 0 Å². The molecule has 15 heavy (non-hydrogen) atoms. The van der Waals surface area contributed by atoms with Crippen LogP contribution in [0.1, 0.15) is 25.7 Å². The van der Waals surface area contributed by atoms with E-state index in [-0.39, 0.29) is 12.5 Å². The Bertz CT molecular complexity index is 230. The average molecular weight is 211 g/mol. The molecule has 0 radical (unpaired) electrons. The van der Waals surface area contributed by atoms with Crippen molar-refractivity contribution >= 4 is 5.91 Å². The largest absolute Gasteiger partial charge is 0.355 e. The van der Waals surface area contributed by atoms with Crippen molar-refractivity contribution in [2.75, 3.05) is 20.1 Å². The Morgan fingerprint density at radius 2 is 2.00 bits per heavy atom. The number of carbonyl (C=O) groups is 1. The van der Waals surface area contributed by atoms with Crippen LogP contribution >= 0.6 is 0 Å². The zero-order chi connectivity index (χ0) is 10.8. The van der Waals surface area contributed by atoms with E-state index in [0.717, 1.165) is 18.6 Å². The van der Waals surface area contributed by atoms with Crippen LogP contribution in [0.5, 0.6) is 0 Å². The summed E-state index contributed by atoms with van der Waals surface area (Å²) in [5.41, 5.74) is 5.26. The zero-order valence-corrected chi connectivity index (χ0v) is 9.41. The highest BCUT2D eigenvalue weighted by Gasteiger charge is 2.38. The monoisotopic (exact) mass is 211 g/mol. The Morgan fingerprint density at radius 3 is 2.53 bits per heavy atom. The van der Waals surface area contributed by atoms with Gasteiger partial charge in [-0.3, -0.25) is 4.79 Å². The summed E-state index contributed by atoms with van der Waals surface area (Å²) in [4.78, 5) is 13.6. The van der Waals surface area contributed by atoms with E-state index in [1.54, 1.807) is 0 Å². The molecular formula is C11H21N3O. The highest BCUT2D eigenvalue weighted by atomic mass is 16.1. The minimum Gasteiger partial charge on any atom is -0.355 e. The summed E-state index contributed by atoms with van der Waals surface area (Å²) in [7, 11) is 2.23. The summed E-state index contributed by atoms with van der Waals surface area (Å²) < 4.78 is 0. The first-order valence-electron chi connectivity index (χ1n) is 5.89. The molecule has 2 bridgehead atoms. The van der Waals surface area contributed by atoms with Crippen molar-refractivity contribution in [2.45, 2.75) is 37.8 Å². The SMILES string of the molecule is CN1[C@@H]2CC[C@H]1CC(CNC(=O)CN)C2. The summed E-state index contributed by atoms with van der Waals surface area (Å²) in [6.07, 6.45) is 5.14. The molecule has 2 aliphatic heterocycles. The lowest BCUT2D eigenvalue weighted by molar-refractivity contribution is -0.120. The number of rotatable bonds is 3. The zero-order valence-electron chi connectivity index (χ0n) is 9.41. The number of carbonyl (C=O) groups excluding carboxylic acids is 1. The summed E-state index contributed by atoms with van der Waals surface area (Å²) in [5, 5.41) is 2.90. The van der Waals surface area contributed by atoms with Crippen LogP contribution in [-0.4, -0.2) is 43.0 Å². The smallest absolute Gasteiger partial charge is 0.233 e. The highest BCUT2D eigenvalue weighted by molar-refractivity contribution is 5.77. The molecule has 1 amide bonds. The maximum Gasteiger partial charge on any atom is 0.233 e. The Hall–Kier alpha value is -0.610. The van der Waals surface area contributed by atoms with Gasteiger partial charge >= 0.3 is 0 Å². The third-order valence-corrected chi connectivity index (χ3v) is 3.97. The molecule has 0 aliphatic carbocycles. The third-order valence-electron chi connectivity index (χ3n) is 3.97. The molecule has 2 rings (SSSR count). The Kier molecular flexibility index (Phi) is 3.26. The molecule has 0 spiro atoms. The minimum absolute atomic E-state index is 0.0266. The molecule has 0 saturated carbocycles. The van der Waals surface area contributed by atoms with Gasteiger partial charge < -0.3 is 16.0 Å². The summed E-state index contributed by atoms with van der Waals surface area (Å²) in [5.74, 6) is 0.635. The molecule has 0 aromatic heterocycles. The van der Waals surface area contributed by atoms with E-state index in [4.69, 9.17) is 5.73 Å². The fourth-order valence-electron chi connectivity index (χ4n) is 3.02. The van der Waals surface area contributed by atoms with Gasteiger partial charge in [-0.25, -0.2) is 0 Å². The topological polar surface area (TPSA) is 58.4 Å². The Morgan fingerprint density at radius 1 is 1.40 bits per heavy atom. The molecule has 0 aromatic rings. The maximum absolute atomic E-state index is 11.1. The average Bonchev–Trinajstić information content (AvgIpc) is 2.50. The van der Waals surface area contributed by atoms with Crippen LogP contribution in [0.25, 0.3) is 0 Å². The van der Waals surface area contributed by atoms with E-state index in [9.17, 15) is 4.79 Å². The summed E-state index contributed by atoms with van der Waals surface area (Å²) in [6.45, 7) is 0.927. The van der Waals surface area contributed by atoms with Crippen molar-refractivity contribution in [1.29, 1.82) is 0 Å². The van der Waals surface area contributed by atoms with Gasteiger partial charge in [-0.05, 0) is 38.6 Å². The number of nitrogens with one attached hydrogen (secondary N) is 1. The first-order valence-corrected chi connectivity index (χ1v) is 5.89. The lowest BCUT2D eigenvalue weighted by atomic mass is 9.91. The number of nitrogens with two attached hydrogens (primary N) is 1. The summed E-state index contributed by atoms with van der Waals surface area (Å²) in [6, 6.07) is 1.51. The van der Waals surface area contributed by atoms with Crippen molar-refractivity contribution in [3.63, 3.8) is 0 Å². The van der Waals surface area contributed by atoms with E-state index in [2.05, 4.69) is 17.3 Å². The quantitative estimate of drug-likeness (QED) is 0.687. The van der Waals surface area contributed by atoms with Gasteiger partial charge in [0.2, 0.25) is 5.91 Å². The number of fused-ring (bicyclic) bond motifs is 2. The Labute approximate surface area is 91.2 Å². The first-order chi connectivity index (χ1) is 7.20. The predicted octanol–water partition coefficient (Wildman–Crippen LogP) is -0.0659. The minimum atomic E-state index is -0.0266. The summed E-state index contributed by atoms with van der Waals surface area (Å²) >= 11 is 0. The highest BCUT2D eigenvalue weighted by Crippen LogP contribution is 2.36. The second-order valence-electron chi connectivity index (χ2n) is 4.90. The normalized spacial score (nSPS) is 35.5. The van der Waals surface area contributed by atoms with Gasteiger partial charge in [0.1, 0.15) is 0 Å². The van der Waals surface area contributed by atoms with Crippen LogP contribution in [0.4, 0.5) is 0 Å². The second-order valence-corrected chi connectivity index (χ2v) is 4.90. The van der Waals surface area contributed by atoms with Crippen molar-refractivity contribution in [3.8, 4) is 0 Å². The van der Waals surface area contributed by atoms with E-state index in [0.29, 0.717) is 5.92 Å². The number of hydrogen-bond donors (Lipinski definition) is 2. The predicted molar refractivity (Wildman–Crippen MR) is 59.4 cm³/mol. The van der Waals surface area contributed by atoms with Gasteiger partial charge in [0.15, 0.2) is 0 Å². The van der Waals surface area contributed by atoms with Crippen molar-refractivity contribution in [2.24, 2.45) is 11.7 Å². The molecule has 1 unspecified atom stereocenters. The van der Waals surface area contributed by atoms with Gasteiger partial charge in [-0.2, -0.15) is 0 Å². The molecule has 2 saturated heterocycles. The number of nitrogens with zero attached hydrogens (tertiary/aromatic N) is 1. The van der Waals surface area contributed by atoms with Gasteiger partial charge in [-0.1, -0.05) is 0 Å². The molecule has 4 nitrogen and oxygen atoms in total. The van der Waals surface area contributed by atoms with Gasteiger partial charge in [-0.15, -0.1) is 0 Å². The molecule has 2 heterocycles. The Balaban J connectivity index is 1.79. The van der Waals surface area contributed by atoms with Crippen LogP contribution in [0.2, 0.25) is 0 Å². The standard InChI is InChI=1S/C11H21N3O/c1-14-9-2-3-10(14)5-8(4-9)7-13-11(15)6-12/h8-10H,2-7,12H2,1H3,(H,13,15)/t8?,9-,10+. The molecule has 3 atom stereocenters. The molecule has 2 fully saturated rings.